The molecule has 2 heterocycles. The zero-order valence-electron chi connectivity index (χ0n) is 14.1. The number of rotatable bonds is 2. The van der Waals surface area contributed by atoms with Crippen LogP contribution in [0.2, 0.25) is 0 Å². The summed E-state index contributed by atoms with van der Waals surface area (Å²) in [6, 6.07) is 6.78. The lowest BCUT2D eigenvalue weighted by Gasteiger charge is -2.25. The number of carbonyl (C=O) groups excluding carboxylic acids is 1. The topological polar surface area (TPSA) is 66.3 Å². The molecule has 1 aromatic heterocycles. The Balaban J connectivity index is 1.77. The van der Waals surface area contributed by atoms with Gasteiger partial charge in [-0.05, 0) is 36.1 Å². The maximum absolute atomic E-state index is 11.7. The molecule has 1 aliphatic heterocycles. The maximum Gasteiger partial charge on any atom is 0.222 e. The Bertz CT molecular complexity index is 878. The fourth-order valence-electron chi connectivity index (χ4n) is 2.65. The molecule has 0 atom stereocenters. The minimum absolute atomic E-state index is 0.173. The van der Waals surface area contributed by atoms with Gasteiger partial charge in [0, 0.05) is 25.1 Å². The molecular formula is C20H19N3O2. The quantitative estimate of drug-likeness (QED) is 0.858. The van der Waals surface area contributed by atoms with Crippen LogP contribution < -0.4 is 0 Å². The van der Waals surface area contributed by atoms with Gasteiger partial charge in [-0.25, -0.2) is 4.98 Å². The molecule has 1 N–H and O–H groups in total. The largest absolute Gasteiger partial charge is 0.508 e. The number of amides is 1. The Morgan fingerprint density at radius 3 is 2.92 bits per heavy atom. The first-order chi connectivity index (χ1) is 12.2. The molecule has 0 spiro atoms. The van der Waals surface area contributed by atoms with Gasteiger partial charge in [-0.2, -0.15) is 0 Å². The standard InChI is InChI=1S/C20H19N3O2/c1-2-20(25)23-10-8-16(9-11-23)19-14-21-13-17(22-19)7-6-15-4-3-5-18(24)12-15/h3-5,8,12-14,24H,2,9-11H2,1H3. The molecule has 1 aromatic carbocycles. The molecule has 5 nitrogen and oxygen atoms in total. The van der Waals surface area contributed by atoms with Crippen molar-refractivity contribution < 1.29 is 9.90 Å². The lowest BCUT2D eigenvalue weighted by atomic mass is 10.0. The number of hydrogen-bond donors (Lipinski definition) is 1. The Morgan fingerprint density at radius 1 is 1.32 bits per heavy atom. The van der Waals surface area contributed by atoms with Crippen molar-refractivity contribution in [3.63, 3.8) is 0 Å². The summed E-state index contributed by atoms with van der Waals surface area (Å²) in [5, 5.41) is 9.47. The first kappa shape index (κ1) is 16.7. The summed E-state index contributed by atoms with van der Waals surface area (Å²) >= 11 is 0. The highest BCUT2D eigenvalue weighted by atomic mass is 16.3. The van der Waals surface area contributed by atoms with Gasteiger partial charge in [0.25, 0.3) is 0 Å². The molecule has 5 heteroatoms. The summed E-state index contributed by atoms with van der Waals surface area (Å²) in [4.78, 5) is 22.4. The van der Waals surface area contributed by atoms with Crippen molar-refractivity contribution >= 4 is 11.5 Å². The van der Waals surface area contributed by atoms with E-state index in [4.69, 9.17) is 0 Å². The van der Waals surface area contributed by atoms with Gasteiger partial charge < -0.3 is 10.0 Å². The van der Waals surface area contributed by atoms with E-state index in [1.807, 2.05) is 24.0 Å². The monoisotopic (exact) mass is 333 g/mol. The molecule has 0 unspecified atom stereocenters. The van der Waals surface area contributed by atoms with Crippen molar-refractivity contribution in [2.45, 2.75) is 19.8 Å². The van der Waals surface area contributed by atoms with E-state index >= 15 is 0 Å². The number of aromatic hydroxyl groups is 1. The third kappa shape index (κ3) is 4.24. The summed E-state index contributed by atoms with van der Waals surface area (Å²) in [6.45, 7) is 3.20. The van der Waals surface area contributed by atoms with Crippen LogP contribution in [0, 0.1) is 11.8 Å². The molecule has 3 rings (SSSR count). The van der Waals surface area contributed by atoms with Gasteiger partial charge in [0.2, 0.25) is 5.91 Å². The number of phenolic OH excluding ortho intramolecular Hbond substituents is 1. The third-order valence-corrected chi connectivity index (χ3v) is 4.01. The van der Waals surface area contributed by atoms with Crippen molar-refractivity contribution in [2.24, 2.45) is 0 Å². The van der Waals surface area contributed by atoms with E-state index in [1.165, 1.54) is 0 Å². The fraction of sp³-hybridized carbons (Fsp3) is 0.250. The Labute approximate surface area is 147 Å². The highest BCUT2D eigenvalue weighted by Crippen LogP contribution is 2.20. The zero-order valence-corrected chi connectivity index (χ0v) is 14.1. The molecule has 1 aliphatic rings. The van der Waals surface area contributed by atoms with Crippen LogP contribution in [0.3, 0.4) is 0 Å². The van der Waals surface area contributed by atoms with Crippen LogP contribution in [0.15, 0.2) is 42.7 Å². The molecule has 0 saturated carbocycles. The van der Waals surface area contributed by atoms with Crippen LogP contribution in [-0.2, 0) is 4.79 Å². The van der Waals surface area contributed by atoms with Gasteiger partial charge in [0.15, 0.2) is 0 Å². The van der Waals surface area contributed by atoms with E-state index in [2.05, 4.69) is 21.8 Å². The van der Waals surface area contributed by atoms with Gasteiger partial charge in [0.05, 0.1) is 18.1 Å². The number of phenols is 1. The highest BCUT2D eigenvalue weighted by molar-refractivity contribution is 5.77. The minimum atomic E-state index is 0.173. The molecule has 0 aliphatic carbocycles. The Kier molecular flexibility index (Phi) is 5.10. The minimum Gasteiger partial charge on any atom is -0.508 e. The first-order valence-electron chi connectivity index (χ1n) is 8.26. The van der Waals surface area contributed by atoms with E-state index < -0.39 is 0 Å². The van der Waals surface area contributed by atoms with Crippen LogP contribution >= 0.6 is 0 Å². The summed E-state index contributed by atoms with van der Waals surface area (Å²) in [5.41, 5.74) is 3.19. The van der Waals surface area contributed by atoms with E-state index in [0.717, 1.165) is 23.3 Å². The molecule has 0 radical (unpaired) electrons. The second-order valence-electron chi connectivity index (χ2n) is 5.76. The van der Waals surface area contributed by atoms with Crippen LogP contribution in [-0.4, -0.2) is 39.0 Å². The van der Waals surface area contributed by atoms with Crippen LogP contribution in [0.5, 0.6) is 5.75 Å². The maximum atomic E-state index is 11.7. The van der Waals surface area contributed by atoms with Crippen LogP contribution in [0.25, 0.3) is 5.57 Å². The average molecular weight is 333 g/mol. The molecule has 2 aromatic rings. The van der Waals surface area contributed by atoms with Crippen LogP contribution in [0.1, 0.15) is 36.7 Å². The number of benzene rings is 1. The molecular weight excluding hydrogens is 314 g/mol. The SMILES string of the molecule is CCC(=O)N1CC=C(c2cncc(C#Cc3cccc(O)c3)n2)CC1. The van der Waals surface area contributed by atoms with E-state index in [0.29, 0.717) is 25.2 Å². The summed E-state index contributed by atoms with van der Waals surface area (Å²) in [6.07, 6.45) is 6.68. The predicted molar refractivity (Wildman–Crippen MR) is 95.6 cm³/mol. The number of carbonyl (C=O) groups is 1. The second kappa shape index (κ2) is 7.63. The van der Waals surface area contributed by atoms with E-state index in [-0.39, 0.29) is 11.7 Å². The fourth-order valence-corrected chi connectivity index (χ4v) is 2.65. The summed E-state index contributed by atoms with van der Waals surface area (Å²) < 4.78 is 0. The zero-order chi connectivity index (χ0) is 17.6. The van der Waals surface area contributed by atoms with Gasteiger partial charge in [-0.15, -0.1) is 0 Å². The average Bonchev–Trinajstić information content (AvgIpc) is 2.66. The van der Waals surface area contributed by atoms with Crippen molar-refractivity contribution in [1.82, 2.24) is 14.9 Å². The molecule has 25 heavy (non-hydrogen) atoms. The number of nitrogens with zero attached hydrogens (tertiary/aromatic N) is 3. The van der Waals surface area contributed by atoms with Gasteiger partial charge >= 0.3 is 0 Å². The van der Waals surface area contributed by atoms with Crippen LogP contribution in [0.4, 0.5) is 0 Å². The highest BCUT2D eigenvalue weighted by Gasteiger charge is 2.17. The molecule has 1 amide bonds. The van der Waals surface area contributed by atoms with Gasteiger partial charge in [0.1, 0.15) is 11.4 Å². The van der Waals surface area contributed by atoms with Gasteiger partial charge in [-0.3, -0.25) is 9.78 Å². The lowest BCUT2D eigenvalue weighted by molar-refractivity contribution is -0.130. The van der Waals surface area contributed by atoms with Gasteiger partial charge in [-0.1, -0.05) is 25.0 Å². The molecule has 0 bridgehead atoms. The lowest BCUT2D eigenvalue weighted by Crippen LogP contribution is -2.34. The molecule has 0 fully saturated rings. The smallest absolute Gasteiger partial charge is 0.222 e. The van der Waals surface area contributed by atoms with Crippen molar-refractivity contribution in [2.75, 3.05) is 13.1 Å². The first-order valence-corrected chi connectivity index (χ1v) is 8.26. The molecule has 0 saturated heterocycles. The Hall–Kier alpha value is -3.13. The number of aromatic nitrogens is 2. The molecule has 126 valence electrons. The third-order valence-electron chi connectivity index (χ3n) is 4.01. The second-order valence-corrected chi connectivity index (χ2v) is 5.76. The predicted octanol–water partition coefficient (Wildman–Crippen LogP) is 2.61. The number of hydrogen-bond acceptors (Lipinski definition) is 4. The summed E-state index contributed by atoms with van der Waals surface area (Å²) in [7, 11) is 0. The Morgan fingerprint density at radius 2 is 2.20 bits per heavy atom. The normalized spacial score (nSPS) is 13.6. The van der Waals surface area contributed by atoms with Crippen molar-refractivity contribution in [3.05, 3.63) is 59.7 Å². The summed E-state index contributed by atoms with van der Waals surface area (Å²) in [5.74, 6) is 6.31. The van der Waals surface area contributed by atoms with E-state index in [9.17, 15) is 9.90 Å². The van der Waals surface area contributed by atoms with E-state index in [1.54, 1.807) is 30.6 Å². The van der Waals surface area contributed by atoms with Crippen molar-refractivity contribution in [3.8, 4) is 17.6 Å². The van der Waals surface area contributed by atoms with Crippen molar-refractivity contribution in [1.29, 1.82) is 0 Å².